The van der Waals surface area contributed by atoms with Crippen molar-refractivity contribution in [2.24, 2.45) is 0 Å². The van der Waals surface area contributed by atoms with Gasteiger partial charge in [-0.15, -0.1) is 5.10 Å². The van der Waals surface area contributed by atoms with Crippen molar-refractivity contribution in [1.82, 2.24) is 20.0 Å². The Balaban J connectivity index is 1.57. The van der Waals surface area contributed by atoms with Crippen LogP contribution in [0.3, 0.4) is 0 Å². The number of ether oxygens (including phenoxy) is 1. The molecule has 28 heavy (non-hydrogen) atoms. The zero-order valence-corrected chi connectivity index (χ0v) is 14.8. The Labute approximate surface area is 157 Å². The quantitative estimate of drug-likeness (QED) is 0.712. The van der Waals surface area contributed by atoms with Gasteiger partial charge < -0.3 is 4.74 Å². The molecule has 1 N–H and O–H groups in total. The Hall–Kier alpha value is -3.15. The first-order valence-corrected chi connectivity index (χ1v) is 9.62. The third kappa shape index (κ3) is 3.63. The first-order valence-electron chi connectivity index (χ1n) is 7.97. The van der Waals surface area contributed by atoms with Crippen LogP contribution in [0.5, 0.6) is 11.6 Å². The number of nitrogens with one attached hydrogen (secondary N) is 1. The molecule has 3 aromatic rings. The summed E-state index contributed by atoms with van der Waals surface area (Å²) in [6.45, 7) is 0.195. The number of benzene rings is 1. The van der Waals surface area contributed by atoms with Gasteiger partial charge in [-0.25, -0.2) is 18.1 Å². The number of hydrogen-bond acceptors (Lipinski definition) is 6. The maximum Gasteiger partial charge on any atom is 0.416 e. The molecule has 4 rings (SSSR count). The average Bonchev–Trinajstić information content (AvgIpc) is 3.04. The van der Waals surface area contributed by atoms with Crippen LogP contribution in [0.1, 0.15) is 5.56 Å². The Morgan fingerprint density at radius 3 is 2.61 bits per heavy atom. The number of fused-ring (bicyclic) bond motifs is 1. The van der Waals surface area contributed by atoms with Gasteiger partial charge in [-0.2, -0.15) is 13.2 Å². The molecule has 12 heteroatoms. The highest BCUT2D eigenvalue weighted by atomic mass is 32.2. The molecule has 8 nitrogen and oxygen atoms in total. The van der Waals surface area contributed by atoms with E-state index in [9.17, 15) is 21.6 Å². The SMILES string of the molecule is O=S1(=O)CCn2nnc(-c3ccc(Oc4cc(C(F)(F)F)ccn4)cc3)c2N1. The molecule has 146 valence electrons. The summed E-state index contributed by atoms with van der Waals surface area (Å²) in [6.07, 6.45) is -3.48. The first kappa shape index (κ1) is 18.2. The van der Waals surface area contributed by atoms with Crippen LogP contribution in [-0.4, -0.2) is 34.1 Å². The Morgan fingerprint density at radius 2 is 1.89 bits per heavy atom. The lowest BCUT2D eigenvalue weighted by molar-refractivity contribution is -0.137. The number of nitrogens with zero attached hydrogens (tertiary/aromatic N) is 4. The van der Waals surface area contributed by atoms with Gasteiger partial charge in [0.15, 0.2) is 5.82 Å². The van der Waals surface area contributed by atoms with Crippen molar-refractivity contribution < 1.29 is 26.3 Å². The van der Waals surface area contributed by atoms with Crippen molar-refractivity contribution in [2.45, 2.75) is 12.7 Å². The Kier molecular flexibility index (Phi) is 4.22. The van der Waals surface area contributed by atoms with E-state index in [0.717, 1.165) is 18.3 Å². The first-order chi connectivity index (χ1) is 13.2. The van der Waals surface area contributed by atoms with Gasteiger partial charge in [-0.3, -0.25) is 4.72 Å². The van der Waals surface area contributed by atoms with Crippen LogP contribution >= 0.6 is 0 Å². The van der Waals surface area contributed by atoms with Gasteiger partial charge in [-0.1, -0.05) is 5.21 Å². The standard InChI is InChI=1S/C16H12F3N5O3S/c17-16(18,19)11-5-6-20-13(9-11)27-12-3-1-10(2-4-12)14-15-22-28(25,26)8-7-24(15)23-21-14/h1-6,9,22H,7-8H2. The van der Waals surface area contributed by atoms with E-state index < -0.39 is 21.8 Å². The number of anilines is 1. The molecule has 0 aliphatic carbocycles. The zero-order valence-electron chi connectivity index (χ0n) is 14.0. The summed E-state index contributed by atoms with van der Waals surface area (Å²) in [4.78, 5) is 3.77. The molecule has 0 amide bonds. The lowest BCUT2D eigenvalue weighted by Crippen LogP contribution is -2.28. The molecule has 0 atom stereocenters. The molecule has 1 aliphatic rings. The molecule has 0 radical (unpaired) electrons. The molecule has 0 unspecified atom stereocenters. The molecule has 2 aromatic heterocycles. The second kappa shape index (κ2) is 6.48. The summed E-state index contributed by atoms with van der Waals surface area (Å²) in [5, 5.41) is 7.91. The number of alkyl halides is 3. The van der Waals surface area contributed by atoms with E-state index in [0.29, 0.717) is 11.3 Å². The molecule has 0 saturated heterocycles. The summed E-state index contributed by atoms with van der Waals surface area (Å²) >= 11 is 0. The number of halogens is 3. The number of pyridine rings is 1. The Morgan fingerprint density at radius 1 is 1.14 bits per heavy atom. The minimum Gasteiger partial charge on any atom is -0.439 e. The molecule has 0 saturated carbocycles. The van der Waals surface area contributed by atoms with Crippen molar-refractivity contribution in [3.8, 4) is 22.9 Å². The number of hydrogen-bond donors (Lipinski definition) is 1. The lowest BCUT2D eigenvalue weighted by atomic mass is 10.1. The monoisotopic (exact) mass is 411 g/mol. The number of rotatable bonds is 3. The second-order valence-electron chi connectivity index (χ2n) is 5.94. The predicted octanol–water partition coefficient (Wildman–Crippen LogP) is 2.91. The molecule has 0 bridgehead atoms. The smallest absolute Gasteiger partial charge is 0.416 e. The molecular formula is C16H12F3N5O3S. The average molecular weight is 411 g/mol. The summed E-state index contributed by atoms with van der Waals surface area (Å²) in [6, 6.07) is 7.87. The molecular weight excluding hydrogens is 399 g/mol. The highest BCUT2D eigenvalue weighted by Gasteiger charge is 2.31. The van der Waals surface area contributed by atoms with E-state index in [1.165, 1.54) is 16.8 Å². The largest absolute Gasteiger partial charge is 0.439 e. The number of aryl methyl sites for hydroxylation is 1. The molecule has 1 aliphatic heterocycles. The van der Waals surface area contributed by atoms with Gasteiger partial charge in [0.1, 0.15) is 11.4 Å². The minimum atomic E-state index is -4.49. The maximum atomic E-state index is 12.8. The van der Waals surface area contributed by atoms with Crippen LogP contribution in [0.4, 0.5) is 19.0 Å². The fraction of sp³-hybridized carbons (Fsp3) is 0.188. The lowest BCUT2D eigenvalue weighted by Gasteiger charge is -2.16. The molecule has 3 heterocycles. The van der Waals surface area contributed by atoms with Crippen LogP contribution in [0.25, 0.3) is 11.3 Å². The van der Waals surface area contributed by atoms with Gasteiger partial charge in [0, 0.05) is 17.8 Å². The topological polar surface area (TPSA) is 99.0 Å². The fourth-order valence-electron chi connectivity index (χ4n) is 2.61. The zero-order chi connectivity index (χ0) is 19.9. The second-order valence-corrected chi connectivity index (χ2v) is 7.78. The van der Waals surface area contributed by atoms with Crippen LogP contribution < -0.4 is 9.46 Å². The molecule has 0 fully saturated rings. The fourth-order valence-corrected chi connectivity index (χ4v) is 3.63. The Bertz CT molecular complexity index is 1130. The van der Waals surface area contributed by atoms with Crippen molar-refractivity contribution in [3.63, 3.8) is 0 Å². The normalized spacial score (nSPS) is 15.5. The van der Waals surface area contributed by atoms with Crippen molar-refractivity contribution in [3.05, 3.63) is 48.2 Å². The van der Waals surface area contributed by atoms with Crippen molar-refractivity contribution >= 4 is 15.8 Å². The molecule has 1 aromatic carbocycles. The van der Waals surface area contributed by atoms with Gasteiger partial charge >= 0.3 is 6.18 Å². The molecule has 0 spiro atoms. The van der Waals surface area contributed by atoms with E-state index in [-0.39, 0.29) is 29.7 Å². The summed E-state index contributed by atoms with van der Waals surface area (Å²) in [5.74, 6) is 0.243. The van der Waals surface area contributed by atoms with E-state index in [2.05, 4.69) is 20.0 Å². The highest BCUT2D eigenvalue weighted by Crippen LogP contribution is 2.33. The predicted molar refractivity (Wildman–Crippen MR) is 92.2 cm³/mol. The van der Waals surface area contributed by atoms with E-state index in [4.69, 9.17) is 4.74 Å². The number of aromatic nitrogens is 4. The third-order valence-electron chi connectivity index (χ3n) is 3.97. The van der Waals surface area contributed by atoms with Crippen molar-refractivity contribution in [1.29, 1.82) is 0 Å². The van der Waals surface area contributed by atoms with Gasteiger partial charge in [-0.05, 0) is 30.3 Å². The van der Waals surface area contributed by atoms with Crippen LogP contribution in [0.15, 0.2) is 42.6 Å². The number of sulfonamides is 1. The summed E-state index contributed by atoms with van der Waals surface area (Å²) < 4.78 is 71.1. The van der Waals surface area contributed by atoms with E-state index in [1.807, 2.05) is 0 Å². The summed E-state index contributed by atoms with van der Waals surface area (Å²) in [7, 11) is -3.44. The van der Waals surface area contributed by atoms with Crippen LogP contribution in [0.2, 0.25) is 0 Å². The summed E-state index contributed by atoms with van der Waals surface area (Å²) in [5.41, 5.74) is 0.0411. The maximum absolute atomic E-state index is 12.8. The van der Waals surface area contributed by atoms with E-state index >= 15 is 0 Å². The van der Waals surface area contributed by atoms with Gasteiger partial charge in [0.05, 0.1) is 17.9 Å². The van der Waals surface area contributed by atoms with Gasteiger partial charge in [0.2, 0.25) is 15.9 Å². The van der Waals surface area contributed by atoms with Gasteiger partial charge in [0.25, 0.3) is 0 Å². The minimum absolute atomic E-state index is 0.0838. The van der Waals surface area contributed by atoms with Crippen LogP contribution in [-0.2, 0) is 22.7 Å². The van der Waals surface area contributed by atoms with Crippen molar-refractivity contribution in [2.75, 3.05) is 10.5 Å². The third-order valence-corrected chi connectivity index (χ3v) is 5.20. The highest BCUT2D eigenvalue weighted by molar-refractivity contribution is 7.92. The van der Waals surface area contributed by atoms with E-state index in [1.54, 1.807) is 12.1 Å². The van der Waals surface area contributed by atoms with Crippen LogP contribution in [0, 0.1) is 0 Å².